The SMILES string of the molecule is CCc1ccc(CC(=O)N2CCN(c3nc4c(C)ccc(Cl)c4s3)CC2)cc1. The molecule has 1 saturated heterocycles. The highest BCUT2D eigenvalue weighted by molar-refractivity contribution is 7.22. The molecule has 1 fully saturated rings. The molecule has 1 amide bonds. The van der Waals surface area contributed by atoms with Gasteiger partial charge in [-0.25, -0.2) is 4.98 Å². The lowest BCUT2D eigenvalue weighted by Gasteiger charge is -2.34. The number of thiazole rings is 1. The normalized spacial score (nSPS) is 14.7. The van der Waals surface area contributed by atoms with Crippen LogP contribution in [0.15, 0.2) is 36.4 Å². The van der Waals surface area contributed by atoms with Gasteiger partial charge in [-0.3, -0.25) is 4.79 Å². The van der Waals surface area contributed by atoms with E-state index in [4.69, 9.17) is 16.6 Å². The summed E-state index contributed by atoms with van der Waals surface area (Å²) in [6.07, 6.45) is 1.49. The number of benzene rings is 2. The first-order valence-corrected chi connectivity index (χ1v) is 10.9. The Hall–Kier alpha value is -2.11. The average Bonchev–Trinajstić information content (AvgIpc) is 3.18. The van der Waals surface area contributed by atoms with Crippen molar-refractivity contribution in [3.05, 3.63) is 58.1 Å². The largest absolute Gasteiger partial charge is 0.345 e. The molecule has 2 heterocycles. The van der Waals surface area contributed by atoms with Crippen LogP contribution >= 0.6 is 22.9 Å². The Morgan fingerprint density at radius 1 is 1.07 bits per heavy atom. The molecular weight excluding hydrogens is 390 g/mol. The van der Waals surface area contributed by atoms with Gasteiger partial charge in [-0.15, -0.1) is 0 Å². The molecule has 3 aromatic rings. The molecule has 28 heavy (non-hydrogen) atoms. The molecule has 0 unspecified atom stereocenters. The first-order chi connectivity index (χ1) is 13.5. The van der Waals surface area contributed by atoms with Crippen LogP contribution < -0.4 is 4.90 Å². The predicted molar refractivity (Wildman–Crippen MR) is 118 cm³/mol. The van der Waals surface area contributed by atoms with Gasteiger partial charge >= 0.3 is 0 Å². The zero-order valence-corrected chi connectivity index (χ0v) is 17.8. The first kappa shape index (κ1) is 19.2. The molecule has 0 saturated carbocycles. The van der Waals surface area contributed by atoms with E-state index < -0.39 is 0 Å². The van der Waals surface area contributed by atoms with Gasteiger partial charge in [0.25, 0.3) is 0 Å². The number of halogens is 1. The highest BCUT2D eigenvalue weighted by Gasteiger charge is 2.23. The van der Waals surface area contributed by atoms with E-state index in [1.54, 1.807) is 11.3 Å². The number of rotatable bonds is 4. The zero-order valence-electron chi connectivity index (χ0n) is 16.2. The van der Waals surface area contributed by atoms with Crippen molar-refractivity contribution in [3.8, 4) is 0 Å². The molecule has 0 radical (unpaired) electrons. The third-order valence-electron chi connectivity index (χ3n) is 5.38. The Morgan fingerprint density at radius 3 is 2.39 bits per heavy atom. The highest BCUT2D eigenvalue weighted by Crippen LogP contribution is 2.35. The molecule has 1 aromatic heterocycles. The summed E-state index contributed by atoms with van der Waals surface area (Å²) < 4.78 is 1.05. The van der Waals surface area contributed by atoms with E-state index in [1.807, 2.05) is 17.0 Å². The number of aryl methyl sites for hydroxylation is 2. The Labute approximate surface area is 174 Å². The van der Waals surface area contributed by atoms with Crippen molar-refractivity contribution in [2.75, 3.05) is 31.1 Å². The lowest BCUT2D eigenvalue weighted by atomic mass is 10.1. The zero-order chi connectivity index (χ0) is 19.7. The molecular formula is C22H24ClN3OS. The van der Waals surface area contributed by atoms with Crippen LogP contribution in [0.4, 0.5) is 5.13 Å². The Bertz CT molecular complexity index is 952. The molecule has 1 aliphatic rings. The molecule has 6 heteroatoms. The summed E-state index contributed by atoms with van der Waals surface area (Å²) in [6.45, 7) is 7.27. The van der Waals surface area contributed by atoms with Crippen molar-refractivity contribution in [2.45, 2.75) is 26.7 Å². The van der Waals surface area contributed by atoms with E-state index in [2.05, 4.69) is 43.0 Å². The van der Waals surface area contributed by atoms with Crippen molar-refractivity contribution < 1.29 is 4.79 Å². The second-order valence-corrected chi connectivity index (χ2v) is 8.64. The topological polar surface area (TPSA) is 36.4 Å². The van der Waals surface area contributed by atoms with Crippen molar-refractivity contribution in [1.29, 1.82) is 0 Å². The van der Waals surface area contributed by atoms with Crippen LogP contribution in [0.2, 0.25) is 5.02 Å². The van der Waals surface area contributed by atoms with Gasteiger partial charge in [0.05, 0.1) is 21.7 Å². The maximum Gasteiger partial charge on any atom is 0.227 e. The number of nitrogens with zero attached hydrogens (tertiary/aromatic N) is 3. The fourth-order valence-electron chi connectivity index (χ4n) is 3.55. The first-order valence-electron chi connectivity index (χ1n) is 9.71. The number of aromatic nitrogens is 1. The lowest BCUT2D eigenvalue weighted by molar-refractivity contribution is -0.130. The standard InChI is InChI=1S/C22H24ClN3OS/c1-3-16-5-7-17(8-6-16)14-19(27)25-10-12-26(13-11-25)22-24-20-15(2)4-9-18(23)21(20)28-22/h4-9H,3,10-14H2,1-2H3. The predicted octanol–water partition coefficient (Wildman–Crippen LogP) is 4.71. The van der Waals surface area contributed by atoms with Gasteiger partial charge in [0.1, 0.15) is 0 Å². The van der Waals surface area contributed by atoms with Crippen molar-refractivity contribution in [3.63, 3.8) is 0 Å². The van der Waals surface area contributed by atoms with E-state index in [1.165, 1.54) is 5.56 Å². The number of anilines is 1. The molecule has 4 rings (SSSR count). The van der Waals surface area contributed by atoms with Crippen LogP contribution in [0.25, 0.3) is 10.2 Å². The number of carbonyl (C=O) groups is 1. The number of carbonyl (C=O) groups excluding carboxylic acids is 1. The maximum atomic E-state index is 12.7. The Morgan fingerprint density at radius 2 is 1.75 bits per heavy atom. The quantitative estimate of drug-likeness (QED) is 0.621. The number of amides is 1. The fraction of sp³-hybridized carbons (Fsp3) is 0.364. The molecule has 146 valence electrons. The summed E-state index contributed by atoms with van der Waals surface area (Å²) in [4.78, 5) is 21.7. The third-order valence-corrected chi connectivity index (χ3v) is 6.95. The summed E-state index contributed by atoms with van der Waals surface area (Å²) in [5.41, 5.74) is 4.52. The van der Waals surface area contributed by atoms with Gasteiger partial charge in [0.2, 0.25) is 5.91 Å². The minimum Gasteiger partial charge on any atom is -0.345 e. The fourth-order valence-corrected chi connectivity index (χ4v) is 4.92. The lowest BCUT2D eigenvalue weighted by Crippen LogP contribution is -2.49. The Kier molecular flexibility index (Phi) is 5.56. The van der Waals surface area contributed by atoms with Gasteiger partial charge in [0, 0.05) is 26.2 Å². The van der Waals surface area contributed by atoms with Gasteiger partial charge in [-0.05, 0) is 36.1 Å². The summed E-state index contributed by atoms with van der Waals surface area (Å²) in [5, 5.41) is 1.75. The van der Waals surface area contributed by atoms with E-state index in [0.717, 1.165) is 64.1 Å². The number of fused-ring (bicyclic) bond motifs is 1. The van der Waals surface area contributed by atoms with Gasteiger partial charge in [-0.1, -0.05) is 60.2 Å². The number of piperazine rings is 1. The second-order valence-electron chi connectivity index (χ2n) is 7.25. The molecule has 0 N–H and O–H groups in total. The summed E-state index contributed by atoms with van der Waals surface area (Å²) >= 11 is 7.98. The van der Waals surface area contributed by atoms with Crippen LogP contribution in [0.5, 0.6) is 0 Å². The van der Waals surface area contributed by atoms with E-state index >= 15 is 0 Å². The minimum absolute atomic E-state index is 0.201. The van der Waals surface area contributed by atoms with Gasteiger partial charge < -0.3 is 9.80 Å². The van der Waals surface area contributed by atoms with Gasteiger partial charge in [0.15, 0.2) is 5.13 Å². The number of hydrogen-bond donors (Lipinski definition) is 0. The van der Waals surface area contributed by atoms with E-state index in [9.17, 15) is 4.79 Å². The summed E-state index contributed by atoms with van der Waals surface area (Å²) in [7, 11) is 0. The van der Waals surface area contributed by atoms with E-state index in [0.29, 0.717) is 6.42 Å². The van der Waals surface area contributed by atoms with Gasteiger partial charge in [-0.2, -0.15) is 0 Å². The van der Waals surface area contributed by atoms with Crippen LogP contribution in [-0.4, -0.2) is 42.0 Å². The van der Waals surface area contributed by atoms with Crippen molar-refractivity contribution >= 4 is 44.2 Å². The van der Waals surface area contributed by atoms with Crippen LogP contribution in [-0.2, 0) is 17.6 Å². The van der Waals surface area contributed by atoms with Crippen LogP contribution in [0.3, 0.4) is 0 Å². The second kappa shape index (κ2) is 8.10. The monoisotopic (exact) mass is 413 g/mol. The molecule has 0 bridgehead atoms. The van der Waals surface area contributed by atoms with Crippen molar-refractivity contribution in [2.24, 2.45) is 0 Å². The third kappa shape index (κ3) is 3.87. The molecule has 4 nitrogen and oxygen atoms in total. The smallest absolute Gasteiger partial charge is 0.227 e. The maximum absolute atomic E-state index is 12.7. The highest BCUT2D eigenvalue weighted by atomic mass is 35.5. The average molecular weight is 414 g/mol. The molecule has 2 aromatic carbocycles. The number of hydrogen-bond acceptors (Lipinski definition) is 4. The van der Waals surface area contributed by atoms with E-state index in [-0.39, 0.29) is 5.91 Å². The molecule has 0 atom stereocenters. The Balaban J connectivity index is 1.39. The minimum atomic E-state index is 0.201. The molecule has 0 aliphatic carbocycles. The van der Waals surface area contributed by atoms with Crippen LogP contribution in [0, 0.1) is 6.92 Å². The summed E-state index contributed by atoms with van der Waals surface area (Å²) in [6, 6.07) is 12.3. The van der Waals surface area contributed by atoms with Crippen LogP contribution in [0.1, 0.15) is 23.6 Å². The van der Waals surface area contributed by atoms with Crippen molar-refractivity contribution in [1.82, 2.24) is 9.88 Å². The summed E-state index contributed by atoms with van der Waals surface area (Å²) in [5.74, 6) is 0.201. The molecule has 0 spiro atoms. The molecule has 1 aliphatic heterocycles.